The summed E-state index contributed by atoms with van der Waals surface area (Å²) in [5.41, 5.74) is 0. The van der Waals surface area contributed by atoms with Crippen LogP contribution in [0.25, 0.3) is 0 Å². The molecule has 316 valence electrons. The summed E-state index contributed by atoms with van der Waals surface area (Å²) in [6, 6.07) is -0.672. The van der Waals surface area contributed by atoms with Crippen LogP contribution in [0.15, 0.2) is 85.1 Å². The molecule has 0 aliphatic heterocycles. The van der Waals surface area contributed by atoms with Gasteiger partial charge in [0.05, 0.1) is 18.8 Å². The molecular formula is C51H89NO3. The van der Waals surface area contributed by atoms with E-state index in [1.54, 1.807) is 6.08 Å². The van der Waals surface area contributed by atoms with Gasteiger partial charge in [-0.3, -0.25) is 4.79 Å². The summed E-state index contributed by atoms with van der Waals surface area (Å²) in [5.74, 6) is -0.121. The van der Waals surface area contributed by atoms with Crippen molar-refractivity contribution in [2.45, 2.75) is 225 Å². The summed E-state index contributed by atoms with van der Waals surface area (Å²) in [4.78, 5) is 12.3. The van der Waals surface area contributed by atoms with E-state index in [4.69, 9.17) is 0 Å². The lowest BCUT2D eigenvalue weighted by molar-refractivity contribution is -0.123. The van der Waals surface area contributed by atoms with Crippen LogP contribution in [0.3, 0.4) is 0 Å². The lowest BCUT2D eigenvalue weighted by atomic mass is 10.0. The number of carbonyl (C=O) groups is 1. The maximum Gasteiger partial charge on any atom is 0.220 e. The first kappa shape index (κ1) is 52.6. The van der Waals surface area contributed by atoms with E-state index in [-0.39, 0.29) is 12.5 Å². The van der Waals surface area contributed by atoms with Gasteiger partial charge in [0, 0.05) is 6.42 Å². The van der Waals surface area contributed by atoms with Gasteiger partial charge in [0.1, 0.15) is 0 Å². The summed E-state index contributed by atoms with van der Waals surface area (Å²) in [7, 11) is 0. The fourth-order valence-corrected chi connectivity index (χ4v) is 6.55. The largest absolute Gasteiger partial charge is 0.394 e. The van der Waals surface area contributed by atoms with Crippen LogP contribution in [0.5, 0.6) is 0 Å². The maximum atomic E-state index is 12.3. The van der Waals surface area contributed by atoms with Crippen LogP contribution in [0.2, 0.25) is 0 Å². The fourth-order valence-electron chi connectivity index (χ4n) is 6.55. The molecule has 0 fully saturated rings. The van der Waals surface area contributed by atoms with E-state index in [2.05, 4.69) is 92.1 Å². The third-order valence-electron chi connectivity index (χ3n) is 10.1. The number of aliphatic hydroxyl groups excluding tert-OH is 2. The van der Waals surface area contributed by atoms with Crippen molar-refractivity contribution in [1.29, 1.82) is 0 Å². The van der Waals surface area contributed by atoms with Crippen LogP contribution in [0.4, 0.5) is 0 Å². The highest BCUT2D eigenvalue weighted by Gasteiger charge is 2.17. The Labute approximate surface area is 341 Å². The minimum absolute atomic E-state index is 0.121. The highest BCUT2D eigenvalue weighted by atomic mass is 16.3. The molecule has 0 spiro atoms. The van der Waals surface area contributed by atoms with E-state index in [0.717, 1.165) is 70.6 Å². The van der Waals surface area contributed by atoms with Crippen molar-refractivity contribution in [3.8, 4) is 0 Å². The van der Waals surface area contributed by atoms with E-state index in [0.29, 0.717) is 6.42 Å². The van der Waals surface area contributed by atoms with Gasteiger partial charge < -0.3 is 15.5 Å². The normalized spacial score (nSPS) is 13.7. The molecule has 0 aliphatic rings. The Kier molecular flexibility index (Phi) is 43.9. The summed E-state index contributed by atoms with van der Waals surface area (Å²) >= 11 is 0. The second-order valence-electron chi connectivity index (χ2n) is 15.4. The lowest BCUT2D eigenvalue weighted by Gasteiger charge is -2.19. The molecule has 2 unspecified atom stereocenters. The average molecular weight is 764 g/mol. The highest BCUT2D eigenvalue weighted by Crippen LogP contribution is 2.15. The molecule has 4 nitrogen and oxygen atoms in total. The van der Waals surface area contributed by atoms with Gasteiger partial charge in [0.25, 0.3) is 0 Å². The monoisotopic (exact) mass is 764 g/mol. The Hall–Kier alpha value is -2.43. The number of hydrogen-bond donors (Lipinski definition) is 3. The van der Waals surface area contributed by atoms with Crippen LogP contribution in [-0.2, 0) is 4.79 Å². The van der Waals surface area contributed by atoms with Gasteiger partial charge in [-0.25, -0.2) is 0 Å². The maximum absolute atomic E-state index is 12.3. The van der Waals surface area contributed by atoms with Gasteiger partial charge in [-0.05, 0) is 83.5 Å². The Morgan fingerprint density at radius 1 is 0.455 bits per heavy atom. The van der Waals surface area contributed by atoms with E-state index in [1.165, 1.54) is 122 Å². The molecule has 0 radical (unpaired) electrons. The summed E-state index contributed by atoms with van der Waals surface area (Å²) in [6.45, 7) is 4.16. The van der Waals surface area contributed by atoms with Gasteiger partial charge in [0.15, 0.2) is 0 Å². The number of hydrogen-bond acceptors (Lipinski definition) is 3. The van der Waals surface area contributed by atoms with Crippen LogP contribution in [0.1, 0.15) is 213 Å². The van der Waals surface area contributed by atoms with Gasteiger partial charge in [-0.15, -0.1) is 0 Å². The molecule has 0 saturated heterocycles. The van der Waals surface area contributed by atoms with Gasteiger partial charge in [-0.1, -0.05) is 208 Å². The first-order chi connectivity index (χ1) is 27.2. The second-order valence-corrected chi connectivity index (χ2v) is 15.4. The quantitative estimate of drug-likeness (QED) is 0.0429. The highest BCUT2D eigenvalue weighted by molar-refractivity contribution is 5.76. The Bertz CT molecular complexity index is 1000. The van der Waals surface area contributed by atoms with Crippen molar-refractivity contribution in [2.24, 2.45) is 0 Å². The van der Waals surface area contributed by atoms with E-state index in [1.807, 2.05) is 6.08 Å². The molecule has 0 bridgehead atoms. The number of allylic oxidation sites excluding steroid dienone is 13. The second kappa shape index (κ2) is 46.0. The minimum atomic E-state index is -0.892. The van der Waals surface area contributed by atoms with Crippen molar-refractivity contribution in [3.63, 3.8) is 0 Å². The van der Waals surface area contributed by atoms with E-state index in [9.17, 15) is 15.0 Å². The zero-order chi connectivity index (χ0) is 40.0. The molecule has 0 saturated carbocycles. The summed E-state index contributed by atoms with van der Waals surface area (Å²) in [5, 5.41) is 22.9. The molecular weight excluding hydrogens is 675 g/mol. The van der Waals surface area contributed by atoms with Crippen molar-refractivity contribution >= 4 is 5.91 Å². The third kappa shape index (κ3) is 42.6. The number of rotatable bonds is 41. The number of amides is 1. The zero-order valence-electron chi connectivity index (χ0n) is 36.2. The van der Waals surface area contributed by atoms with Crippen LogP contribution in [0, 0.1) is 0 Å². The molecule has 0 aromatic heterocycles. The molecule has 55 heavy (non-hydrogen) atoms. The standard InChI is InChI=1S/C51H89NO3/c1-3-5-7-9-11-13-15-17-19-20-21-22-23-24-25-26-27-28-29-30-31-33-34-36-38-40-42-44-46-50(54)49(48-53)52-51(55)47-45-43-41-39-37-35-32-18-16-14-12-10-8-6-4-2/h6,8,12,14,18,30-32,36-39,44,46,49-50,53-54H,3-5,7,9-11,13,15-17,19-29,33-35,40-43,45,47-48H2,1-2H3,(H,52,55)/b8-6-,14-12-,31-30+,32-18-,38-36+,39-37-,46-44+. The molecule has 3 N–H and O–H groups in total. The van der Waals surface area contributed by atoms with Gasteiger partial charge >= 0.3 is 0 Å². The first-order valence-electron chi connectivity index (χ1n) is 23.3. The molecule has 1 amide bonds. The topological polar surface area (TPSA) is 69.6 Å². The fraction of sp³-hybridized carbons (Fsp3) is 0.706. The molecule has 0 rings (SSSR count). The van der Waals surface area contributed by atoms with Gasteiger partial charge in [0.2, 0.25) is 5.91 Å². The summed E-state index contributed by atoms with van der Waals surface area (Å²) < 4.78 is 0. The van der Waals surface area contributed by atoms with Crippen molar-refractivity contribution in [2.75, 3.05) is 6.61 Å². The zero-order valence-corrected chi connectivity index (χ0v) is 36.2. The molecule has 4 heteroatoms. The van der Waals surface area contributed by atoms with Crippen LogP contribution < -0.4 is 5.32 Å². The Morgan fingerprint density at radius 3 is 1.27 bits per heavy atom. The van der Waals surface area contributed by atoms with Gasteiger partial charge in [-0.2, -0.15) is 0 Å². The predicted octanol–water partition coefficient (Wildman–Crippen LogP) is 14.9. The number of unbranched alkanes of at least 4 members (excludes halogenated alkanes) is 22. The SMILES string of the molecule is CC/C=C\C/C=C\C/C=C\C/C=C\CCCCC(=O)NC(CO)C(O)/C=C/CC/C=C/CC/C=C/CCCCCCCCCCCCCCCCCCCC. The van der Waals surface area contributed by atoms with Crippen molar-refractivity contribution in [3.05, 3.63) is 85.1 Å². The minimum Gasteiger partial charge on any atom is -0.394 e. The van der Waals surface area contributed by atoms with Crippen molar-refractivity contribution in [1.82, 2.24) is 5.32 Å². The first-order valence-corrected chi connectivity index (χ1v) is 23.3. The predicted molar refractivity (Wildman–Crippen MR) is 243 cm³/mol. The van der Waals surface area contributed by atoms with Crippen LogP contribution in [-0.4, -0.2) is 34.9 Å². The average Bonchev–Trinajstić information content (AvgIpc) is 3.19. The molecule has 0 aromatic carbocycles. The third-order valence-corrected chi connectivity index (χ3v) is 10.1. The van der Waals surface area contributed by atoms with Crippen LogP contribution >= 0.6 is 0 Å². The summed E-state index contributed by atoms with van der Waals surface area (Å²) in [6.07, 6.45) is 67.2. The number of carbonyl (C=O) groups excluding carboxylic acids is 1. The Balaban J connectivity index is 3.66. The van der Waals surface area contributed by atoms with E-state index >= 15 is 0 Å². The molecule has 0 heterocycles. The number of aliphatic hydroxyl groups is 2. The molecule has 0 aromatic rings. The van der Waals surface area contributed by atoms with Crippen molar-refractivity contribution < 1.29 is 15.0 Å². The smallest absolute Gasteiger partial charge is 0.220 e. The lowest BCUT2D eigenvalue weighted by Crippen LogP contribution is -2.45. The van der Waals surface area contributed by atoms with E-state index < -0.39 is 12.1 Å². The molecule has 2 atom stereocenters. The Morgan fingerprint density at radius 2 is 0.818 bits per heavy atom. The number of nitrogens with one attached hydrogen (secondary N) is 1. The molecule has 0 aliphatic carbocycles.